The first-order valence-corrected chi connectivity index (χ1v) is 12.0. The molecule has 2 fully saturated rings. The van der Waals surface area contributed by atoms with Gasteiger partial charge in [-0.2, -0.15) is 14.7 Å². The Morgan fingerprint density at radius 1 is 1.00 bits per heavy atom. The summed E-state index contributed by atoms with van der Waals surface area (Å²) in [6.07, 6.45) is 10.7. The van der Waals surface area contributed by atoms with E-state index in [-0.39, 0.29) is 0 Å². The standard InChI is InChI=1S/C25H30N8/c1-10-29-32(13-1)21-6-2-18(3-7-21)16-28-24-14-23(27-15-19-8-11-26-12-9-19)31-25-22(20-4-5-20)17-30-33(24)25/h1-3,6-7,10,13-14,17,19-20,26,28H,4-5,8-9,11-12,15-16H2,(H,27,31). The molecule has 1 saturated carbocycles. The van der Waals surface area contributed by atoms with Crippen LogP contribution in [0, 0.1) is 5.92 Å². The Morgan fingerprint density at radius 3 is 2.61 bits per heavy atom. The van der Waals surface area contributed by atoms with Crippen LogP contribution >= 0.6 is 0 Å². The fraction of sp³-hybridized carbons (Fsp3) is 0.400. The average molecular weight is 443 g/mol. The lowest BCUT2D eigenvalue weighted by molar-refractivity contribution is 0.389. The second-order valence-corrected chi connectivity index (χ2v) is 9.18. The van der Waals surface area contributed by atoms with Gasteiger partial charge in [-0.1, -0.05) is 12.1 Å². The van der Waals surface area contributed by atoms with Crippen molar-refractivity contribution in [1.29, 1.82) is 0 Å². The van der Waals surface area contributed by atoms with Gasteiger partial charge in [-0.3, -0.25) is 0 Å². The zero-order chi connectivity index (χ0) is 22.0. The minimum atomic E-state index is 0.609. The van der Waals surface area contributed by atoms with E-state index in [9.17, 15) is 0 Å². The number of benzene rings is 1. The summed E-state index contributed by atoms with van der Waals surface area (Å²) in [6.45, 7) is 3.90. The van der Waals surface area contributed by atoms with E-state index < -0.39 is 0 Å². The van der Waals surface area contributed by atoms with Gasteiger partial charge in [0.1, 0.15) is 11.6 Å². The molecule has 4 heterocycles. The number of nitrogens with one attached hydrogen (secondary N) is 3. The summed E-state index contributed by atoms with van der Waals surface area (Å²) in [4.78, 5) is 4.96. The summed E-state index contributed by atoms with van der Waals surface area (Å²) in [7, 11) is 0. The summed E-state index contributed by atoms with van der Waals surface area (Å²) in [5, 5.41) is 19.6. The summed E-state index contributed by atoms with van der Waals surface area (Å²) in [6, 6.07) is 12.5. The predicted molar refractivity (Wildman–Crippen MR) is 130 cm³/mol. The largest absolute Gasteiger partial charge is 0.370 e. The molecule has 1 aliphatic carbocycles. The summed E-state index contributed by atoms with van der Waals surface area (Å²) in [5.41, 5.74) is 4.51. The van der Waals surface area contributed by atoms with E-state index >= 15 is 0 Å². The Hall–Kier alpha value is -3.39. The Kier molecular flexibility index (Phi) is 5.43. The van der Waals surface area contributed by atoms with Crippen molar-refractivity contribution in [1.82, 2.24) is 29.7 Å². The third-order valence-electron chi connectivity index (χ3n) is 6.73. The van der Waals surface area contributed by atoms with E-state index in [4.69, 9.17) is 4.98 Å². The molecule has 8 heteroatoms. The lowest BCUT2D eigenvalue weighted by Gasteiger charge is -2.23. The second kappa shape index (κ2) is 8.86. The molecule has 1 aliphatic heterocycles. The fourth-order valence-corrected chi connectivity index (χ4v) is 4.59. The second-order valence-electron chi connectivity index (χ2n) is 9.18. The Labute approximate surface area is 193 Å². The lowest BCUT2D eigenvalue weighted by atomic mass is 9.98. The van der Waals surface area contributed by atoms with E-state index in [2.05, 4.69) is 56.5 Å². The van der Waals surface area contributed by atoms with E-state index in [0.29, 0.717) is 18.4 Å². The monoisotopic (exact) mass is 442 g/mol. The molecule has 4 aromatic rings. The topological polar surface area (TPSA) is 84.1 Å². The van der Waals surface area contributed by atoms with Gasteiger partial charge in [0.05, 0.1) is 11.9 Å². The Balaban J connectivity index is 1.21. The van der Waals surface area contributed by atoms with E-state index in [1.54, 1.807) is 6.20 Å². The summed E-state index contributed by atoms with van der Waals surface area (Å²) in [5.74, 6) is 3.20. The van der Waals surface area contributed by atoms with Crippen LogP contribution in [0.1, 0.15) is 42.7 Å². The van der Waals surface area contributed by atoms with Crippen LogP contribution in [0.2, 0.25) is 0 Å². The highest BCUT2D eigenvalue weighted by atomic mass is 15.3. The molecule has 0 spiro atoms. The molecule has 33 heavy (non-hydrogen) atoms. The summed E-state index contributed by atoms with van der Waals surface area (Å²) < 4.78 is 3.83. The van der Waals surface area contributed by atoms with Gasteiger partial charge in [0, 0.05) is 37.1 Å². The van der Waals surface area contributed by atoms with Gasteiger partial charge in [0.25, 0.3) is 0 Å². The van der Waals surface area contributed by atoms with E-state index in [1.165, 1.54) is 36.8 Å². The number of hydrogen-bond acceptors (Lipinski definition) is 6. The zero-order valence-corrected chi connectivity index (χ0v) is 18.7. The predicted octanol–water partition coefficient (Wildman–Crippen LogP) is 3.82. The maximum Gasteiger partial charge on any atom is 0.163 e. The highest BCUT2D eigenvalue weighted by Crippen LogP contribution is 2.42. The van der Waals surface area contributed by atoms with Crippen molar-refractivity contribution < 1.29 is 0 Å². The lowest BCUT2D eigenvalue weighted by Crippen LogP contribution is -2.31. The first-order chi connectivity index (χ1) is 16.3. The Bertz CT molecular complexity index is 1200. The molecule has 0 bridgehead atoms. The van der Waals surface area contributed by atoms with Crippen molar-refractivity contribution >= 4 is 17.3 Å². The number of aromatic nitrogens is 5. The van der Waals surface area contributed by atoms with Crippen LogP contribution in [-0.4, -0.2) is 44.0 Å². The van der Waals surface area contributed by atoms with Crippen LogP contribution in [0.3, 0.4) is 0 Å². The minimum absolute atomic E-state index is 0.609. The van der Waals surface area contributed by atoms with Gasteiger partial charge in [0.2, 0.25) is 0 Å². The first-order valence-electron chi connectivity index (χ1n) is 12.0. The molecule has 6 rings (SSSR count). The highest BCUT2D eigenvalue weighted by molar-refractivity contribution is 5.61. The molecule has 1 saturated heterocycles. The van der Waals surface area contributed by atoms with Crippen LogP contribution in [0.15, 0.2) is 55.0 Å². The van der Waals surface area contributed by atoms with Crippen molar-refractivity contribution in [2.24, 2.45) is 5.92 Å². The number of piperidine rings is 1. The molecule has 0 amide bonds. The molecule has 1 aromatic carbocycles. The molecule has 3 N–H and O–H groups in total. The maximum absolute atomic E-state index is 4.96. The smallest absolute Gasteiger partial charge is 0.163 e. The van der Waals surface area contributed by atoms with Crippen LogP contribution in [0.5, 0.6) is 0 Å². The SMILES string of the molecule is c1cnn(-c2ccc(CNc3cc(NCC4CCNCC4)nc4c(C5CC5)cnn34)cc2)c1. The van der Waals surface area contributed by atoms with Crippen molar-refractivity contribution in [2.45, 2.75) is 38.1 Å². The number of fused-ring (bicyclic) bond motifs is 1. The molecule has 0 radical (unpaired) electrons. The average Bonchev–Trinajstić information content (AvgIpc) is 3.38. The van der Waals surface area contributed by atoms with Crippen molar-refractivity contribution in [3.8, 4) is 5.69 Å². The number of anilines is 2. The van der Waals surface area contributed by atoms with E-state index in [1.807, 2.05) is 27.7 Å². The number of rotatable bonds is 8. The van der Waals surface area contributed by atoms with Gasteiger partial charge >= 0.3 is 0 Å². The van der Waals surface area contributed by atoms with Crippen molar-refractivity contribution in [3.63, 3.8) is 0 Å². The van der Waals surface area contributed by atoms with Gasteiger partial charge in [-0.15, -0.1) is 0 Å². The maximum atomic E-state index is 4.96. The van der Waals surface area contributed by atoms with E-state index in [0.717, 1.165) is 42.6 Å². The number of hydrogen-bond donors (Lipinski definition) is 3. The third-order valence-corrected chi connectivity index (χ3v) is 6.73. The van der Waals surface area contributed by atoms with Crippen molar-refractivity contribution in [2.75, 3.05) is 30.3 Å². The number of nitrogens with zero attached hydrogens (tertiary/aromatic N) is 5. The van der Waals surface area contributed by atoms with Crippen LogP contribution < -0.4 is 16.0 Å². The molecular formula is C25H30N8. The van der Waals surface area contributed by atoms with Gasteiger partial charge in [0.15, 0.2) is 5.65 Å². The third kappa shape index (κ3) is 4.43. The zero-order valence-electron chi connectivity index (χ0n) is 18.7. The summed E-state index contributed by atoms with van der Waals surface area (Å²) >= 11 is 0. The minimum Gasteiger partial charge on any atom is -0.370 e. The molecule has 0 unspecified atom stereocenters. The molecule has 170 valence electrons. The van der Waals surface area contributed by atoms with Crippen molar-refractivity contribution in [3.05, 3.63) is 66.1 Å². The van der Waals surface area contributed by atoms with Crippen LogP contribution in [-0.2, 0) is 6.54 Å². The van der Waals surface area contributed by atoms with Crippen LogP contribution in [0.4, 0.5) is 11.6 Å². The normalized spacial score (nSPS) is 16.8. The first kappa shape index (κ1) is 20.2. The van der Waals surface area contributed by atoms with Gasteiger partial charge in [-0.05, 0) is 74.4 Å². The quantitative estimate of drug-likeness (QED) is 0.385. The molecule has 2 aliphatic rings. The molecule has 0 atom stereocenters. The molecule has 3 aromatic heterocycles. The molecule has 8 nitrogen and oxygen atoms in total. The highest BCUT2D eigenvalue weighted by Gasteiger charge is 2.28. The Morgan fingerprint density at radius 2 is 1.85 bits per heavy atom. The van der Waals surface area contributed by atoms with Gasteiger partial charge < -0.3 is 16.0 Å². The molecular weight excluding hydrogens is 412 g/mol. The fourth-order valence-electron chi connectivity index (χ4n) is 4.59. The van der Waals surface area contributed by atoms with Crippen LogP contribution in [0.25, 0.3) is 11.3 Å². The van der Waals surface area contributed by atoms with Gasteiger partial charge in [-0.25, -0.2) is 9.67 Å².